The maximum atomic E-state index is 12.8. The van der Waals surface area contributed by atoms with Crippen molar-refractivity contribution < 1.29 is 4.39 Å². The number of rotatable bonds is 2. The van der Waals surface area contributed by atoms with Gasteiger partial charge in [0.25, 0.3) is 0 Å². The van der Waals surface area contributed by atoms with E-state index < -0.39 is 0 Å². The lowest BCUT2D eigenvalue weighted by Gasteiger charge is -1.95. The predicted octanol–water partition coefficient (Wildman–Crippen LogP) is 2.55. The molecule has 0 fully saturated rings. The average molecular weight is 256 g/mol. The largest absolute Gasteiger partial charge is 0.319 e. The lowest BCUT2D eigenvalue weighted by molar-refractivity contribution is 0.627. The molecule has 1 aromatic carbocycles. The van der Waals surface area contributed by atoms with Crippen LogP contribution >= 0.6 is 15.9 Å². The first-order valence-electron chi connectivity index (χ1n) is 4.32. The Kier molecular flexibility index (Phi) is 4.64. The molecule has 74 valence electrons. The molecule has 3 heteroatoms. The van der Waals surface area contributed by atoms with Gasteiger partial charge in [-0.25, -0.2) is 4.39 Å². The van der Waals surface area contributed by atoms with Crippen molar-refractivity contribution in [3.8, 4) is 11.8 Å². The Labute approximate surface area is 91.8 Å². The first kappa shape index (κ1) is 11.2. The lowest BCUT2D eigenvalue weighted by atomic mass is 10.2. The zero-order chi connectivity index (χ0) is 10.4. The van der Waals surface area contributed by atoms with Crippen LogP contribution in [0.15, 0.2) is 22.7 Å². The van der Waals surface area contributed by atoms with Crippen molar-refractivity contribution in [1.82, 2.24) is 5.32 Å². The van der Waals surface area contributed by atoms with Gasteiger partial charge in [0, 0.05) is 23.0 Å². The Morgan fingerprint density at radius 1 is 1.50 bits per heavy atom. The van der Waals surface area contributed by atoms with Gasteiger partial charge >= 0.3 is 0 Å². The van der Waals surface area contributed by atoms with Gasteiger partial charge in [-0.15, -0.1) is 0 Å². The number of halogens is 2. The summed E-state index contributed by atoms with van der Waals surface area (Å²) in [7, 11) is 1.87. The standard InChI is InChI=1S/C11H11BrFN/c1-14-7-3-2-4-9-8-10(13)5-6-11(9)12/h5-6,8,14H,3,7H2,1H3. The lowest BCUT2D eigenvalue weighted by Crippen LogP contribution is -2.05. The summed E-state index contributed by atoms with van der Waals surface area (Å²) in [4.78, 5) is 0. The molecule has 1 rings (SSSR count). The SMILES string of the molecule is CNCCC#Cc1cc(F)ccc1Br. The fraction of sp³-hybridized carbons (Fsp3) is 0.273. The van der Waals surface area contributed by atoms with E-state index in [1.54, 1.807) is 6.07 Å². The predicted molar refractivity (Wildman–Crippen MR) is 59.5 cm³/mol. The highest BCUT2D eigenvalue weighted by Crippen LogP contribution is 2.16. The van der Waals surface area contributed by atoms with Crippen LogP contribution in [0.4, 0.5) is 4.39 Å². The third-order valence-electron chi connectivity index (χ3n) is 1.65. The third kappa shape index (κ3) is 3.49. The summed E-state index contributed by atoms with van der Waals surface area (Å²) in [5, 5.41) is 2.99. The number of hydrogen-bond donors (Lipinski definition) is 1. The van der Waals surface area contributed by atoms with Gasteiger partial charge in [-0.3, -0.25) is 0 Å². The highest BCUT2D eigenvalue weighted by Gasteiger charge is 1.97. The number of hydrogen-bond acceptors (Lipinski definition) is 1. The third-order valence-corrected chi connectivity index (χ3v) is 2.34. The Balaban J connectivity index is 2.73. The molecule has 14 heavy (non-hydrogen) atoms. The van der Waals surface area contributed by atoms with Gasteiger partial charge in [0.05, 0.1) is 0 Å². The Bertz CT molecular complexity index is 365. The van der Waals surface area contributed by atoms with Gasteiger partial charge in [-0.05, 0) is 41.2 Å². The van der Waals surface area contributed by atoms with Gasteiger partial charge in [-0.2, -0.15) is 0 Å². The molecule has 0 saturated carbocycles. The molecule has 0 aliphatic heterocycles. The van der Waals surface area contributed by atoms with Crippen molar-refractivity contribution in [2.24, 2.45) is 0 Å². The smallest absolute Gasteiger partial charge is 0.124 e. The van der Waals surface area contributed by atoms with E-state index in [0.29, 0.717) is 5.56 Å². The summed E-state index contributed by atoms with van der Waals surface area (Å²) in [5.41, 5.74) is 0.695. The maximum Gasteiger partial charge on any atom is 0.124 e. The van der Waals surface area contributed by atoms with E-state index in [1.165, 1.54) is 12.1 Å². The minimum atomic E-state index is -0.258. The summed E-state index contributed by atoms with van der Waals surface area (Å²) < 4.78 is 13.7. The summed E-state index contributed by atoms with van der Waals surface area (Å²) in [6.07, 6.45) is 0.763. The highest BCUT2D eigenvalue weighted by atomic mass is 79.9. The minimum Gasteiger partial charge on any atom is -0.319 e. The summed E-state index contributed by atoms with van der Waals surface area (Å²) >= 11 is 3.31. The van der Waals surface area contributed by atoms with Crippen LogP contribution in [0.3, 0.4) is 0 Å². The molecule has 0 spiro atoms. The van der Waals surface area contributed by atoms with Crippen LogP contribution in [0.25, 0.3) is 0 Å². The van der Waals surface area contributed by atoms with Crippen molar-refractivity contribution >= 4 is 15.9 Å². The monoisotopic (exact) mass is 255 g/mol. The van der Waals surface area contributed by atoms with Crippen LogP contribution in [-0.2, 0) is 0 Å². The molecule has 1 N–H and O–H groups in total. The Hall–Kier alpha value is -0.850. The summed E-state index contributed by atoms with van der Waals surface area (Å²) in [6.45, 7) is 0.847. The topological polar surface area (TPSA) is 12.0 Å². The normalized spacial score (nSPS) is 9.36. The molecule has 0 unspecified atom stereocenters. The zero-order valence-corrected chi connectivity index (χ0v) is 9.49. The summed E-state index contributed by atoms with van der Waals surface area (Å²) in [5.74, 6) is 5.61. The second-order valence-corrected chi connectivity index (χ2v) is 3.63. The van der Waals surface area contributed by atoms with Gasteiger partial charge in [-0.1, -0.05) is 11.8 Å². The first-order chi connectivity index (χ1) is 6.74. The van der Waals surface area contributed by atoms with Gasteiger partial charge in [0.2, 0.25) is 0 Å². The molecular weight excluding hydrogens is 245 g/mol. The second kappa shape index (κ2) is 5.79. The minimum absolute atomic E-state index is 0.258. The van der Waals surface area contributed by atoms with Crippen molar-refractivity contribution in [1.29, 1.82) is 0 Å². The molecule has 1 nitrogen and oxygen atoms in total. The van der Waals surface area contributed by atoms with Crippen LogP contribution < -0.4 is 5.32 Å². The fourth-order valence-electron chi connectivity index (χ4n) is 0.939. The molecule has 0 aromatic heterocycles. The molecular formula is C11H11BrFN. The molecule has 0 radical (unpaired) electrons. The van der Waals surface area contributed by atoms with Gasteiger partial charge < -0.3 is 5.32 Å². The van der Waals surface area contributed by atoms with Crippen LogP contribution in [0.2, 0.25) is 0 Å². The molecule has 0 aliphatic rings. The van der Waals surface area contributed by atoms with Crippen molar-refractivity contribution in [3.63, 3.8) is 0 Å². The van der Waals surface area contributed by atoms with Crippen LogP contribution in [0, 0.1) is 17.7 Å². The maximum absolute atomic E-state index is 12.8. The van der Waals surface area contributed by atoms with Crippen molar-refractivity contribution in [3.05, 3.63) is 34.1 Å². The van der Waals surface area contributed by atoms with Gasteiger partial charge in [0.1, 0.15) is 5.82 Å². The van der Waals surface area contributed by atoms with E-state index >= 15 is 0 Å². The molecule has 0 bridgehead atoms. The van der Waals surface area contributed by atoms with E-state index in [0.717, 1.165) is 17.4 Å². The number of nitrogens with one attached hydrogen (secondary N) is 1. The van der Waals surface area contributed by atoms with Crippen molar-refractivity contribution in [2.75, 3.05) is 13.6 Å². The van der Waals surface area contributed by atoms with Crippen molar-refractivity contribution in [2.45, 2.75) is 6.42 Å². The van der Waals surface area contributed by atoms with Crippen LogP contribution in [-0.4, -0.2) is 13.6 Å². The van der Waals surface area contributed by atoms with E-state index in [-0.39, 0.29) is 5.82 Å². The molecule has 0 saturated heterocycles. The van der Waals surface area contributed by atoms with Crippen LogP contribution in [0.1, 0.15) is 12.0 Å². The molecule has 0 atom stereocenters. The van der Waals surface area contributed by atoms with E-state index in [4.69, 9.17) is 0 Å². The molecule has 1 aromatic rings. The van der Waals surface area contributed by atoms with E-state index in [1.807, 2.05) is 7.05 Å². The van der Waals surface area contributed by atoms with E-state index in [9.17, 15) is 4.39 Å². The summed E-state index contributed by atoms with van der Waals surface area (Å²) in [6, 6.07) is 4.50. The van der Waals surface area contributed by atoms with E-state index in [2.05, 4.69) is 33.1 Å². The highest BCUT2D eigenvalue weighted by molar-refractivity contribution is 9.10. The molecule has 0 amide bonds. The van der Waals surface area contributed by atoms with Gasteiger partial charge in [0.15, 0.2) is 0 Å². The second-order valence-electron chi connectivity index (χ2n) is 2.78. The Morgan fingerprint density at radius 3 is 3.00 bits per heavy atom. The molecule has 0 aliphatic carbocycles. The zero-order valence-electron chi connectivity index (χ0n) is 7.90. The first-order valence-corrected chi connectivity index (χ1v) is 5.12. The fourth-order valence-corrected chi connectivity index (χ4v) is 1.28. The Morgan fingerprint density at radius 2 is 2.29 bits per heavy atom. The average Bonchev–Trinajstić information content (AvgIpc) is 2.18. The quantitative estimate of drug-likeness (QED) is 0.633. The molecule has 0 heterocycles. The number of benzene rings is 1. The van der Waals surface area contributed by atoms with Crippen LogP contribution in [0.5, 0.6) is 0 Å².